The molecule has 116 valence electrons. The molecule has 1 aliphatic rings. The molecule has 0 unspecified atom stereocenters. The highest BCUT2D eigenvalue weighted by molar-refractivity contribution is 7.22. The Bertz CT molecular complexity index is 833. The van der Waals surface area contributed by atoms with Crippen LogP contribution in [0.1, 0.15) is 18.4 Å². The van der Waals surface area contributed by atoms with Gasteiger partial charge in [0.05, 0.1) is 22.7 Å². The number of nitrogens with zero attached hydrogens (tertiary/aromatic N) is 1. The zero-order valence-electron chi connectivity index (χ0n) is 12.7. The number of hydrogen-bond acceptors (Lipinski definition) is 4. The molecule has 5 heteroatoms. The largest absolute Gasteiger partial charge is 0.497 e. The predicted molar refractivity (Wildman–Crippen MR) is 92.2 cm³/mol. The van der Waals surface area contributed by atoms with Crippen LogP contribution in [-0.2, 0) is 10.2 Å². The highest BCUT2D eigenvalue weighted by Crippen LogP contribution is 2.49. The number of nitrogens with one attached hydrogen (secondary N) is 1. The second-order valence-corrected chi connectivity index (χ2v) is 6.78. The lowest BCUT2D eigenvalue weighted by Gasteiger charge is -2.15. The van der Waals surface area contributed by atoms with Crippen molar-refractivity contribution in [3.63, 3.8) is 0 Å². The number of benzene rings is 2. The number of aromatic nitrogens is 1. The molecule has 23 heavy (non-hydrogen) atoms. The van der Waals surface area contributed by atoms with Crippen molar-refractivity contribution in [2.75, 3.05) is 12.4 Å². The Morgan fingerprint density at radius 3 is 2.57 bits per heavy atom. The summed E-state index contributed by atoms with van der Waals surface area (Å²) in [5.41, 5.74) is 1.54. The summed E-state index contributed by atoms with van der Waals surface area (Å²) in [5, 5.41) is 3.66. The van der Waals surface area contributed by atoms with Crippen molar-refractivity contribution in [1.29, 1.82) is 0 Å². The standard InChI is InChI=1S/C18H16N2O2S/c1-22-13-8-6-12(7-9-13)18(10-11-18)16(21)20-17-19-14-4-2-3-5-15(14)23-17/h2-9H,10-11H2,1H3,(H,19,20,21). The number of amides is 1. The first-order valence-corrected chi connectivity index (χ1v) is 8.34. The van der Waals surface area contributed by atoms with Crippen LogP contribution >= 0.6 is 11.3 Å². The molecule has 0 bridgehead atoms. The molecule has 1 aromatic heterocycles. The van der Waals surface area contributed by atoms with Gasteiger partial charge in [0.15, 0.2) is 5.13 Å². The lowest BCUT2D eigenvalue weighted by molar-refractivity contribution is -0.118. The van der Waals surface area contributed by atoms with Crippen molar-refractivity contribution in [1.82, 2.24) is 4.98 Å². The number of carbonyl (C=O) groups is 1. The summed E-state index contributed by atoms with van der Waals surface area (Å²) in [4.78, 5) is 17.2. The number of rotatable bonds is 4. The lowest BCUT2D eigenvalue weighted by atomic mass is 9.95. The van der Waals surface area contributed by atoms with Gasteiger partial charge < -0.3 is 10.1 Å². The summed E-state index contributed by atoms with van der Waals surface area (Å²) in [6, 6.07) is 15.7. The Morgan fingerprint density at radius 2 is 1.91 bits per heavy atom. The highest BCUT2D eigenvalue weighted by Gasteiger charge is 2.51. The Balaban J connectivity index is 1.57. The molecule has 1 fully saturated rings. The summed E-state index contributed by atoms with van der Waals surface area (Å²) >= 11 is 1.51. The number of ether oxygens (including phenoxy) is 1. The quantitative estimate of drug-likeness (QED) is 0.790. The van der Waals surface area contributed by atoms with Crippen LogP contribution in [-0.4, -0.2) is 18.0 Å². The van der Waals surface area contributed by atoms with Crippen molar-refractivity contribution in [3.8, 4) is 5.75 Å². The third-order valence-corrected chi connectivity index (χ3v) is 5.29. The van der Waals surface area contributed by atoms with Crippen LogP contribution in [0.15, 0.2) is 48.5 Å². The maximum absolute atomic E-state index is 12.8. The van der Waals surface area contributed by atoms with E-state index in [1.165, 1.54) is 11.3 Å². The molecule has 0 saturated heterocycles. The van der Waals surface area contributed by atoms with Crippen molar-refractivity contribution in [2.45, 2.75) is 18.3 Å². The second kappa shape index (κ2) is 5.35. The smallest absolute Gasteiger partial charge is 0.236 e. The molecule has 4 rings (SSSR count). The SMILES string of the molecule is COc1ccc(C2(C(=O)Nc3nc4ccccc4s3)CC2)cc1. The molecule has 0 aliphatic heterocycles. The maximum atomic E-state index is 12.8. The summed E-state index contributed by atoms with van der Waals surface area (Å²) < 4.78 is 6.26. The third-order valence-electron chi connectivity index (χ3n) is 4.34. The van der Waals surface area contributed by atoms with Crippen LogP contribution < -0.4 is 10.1 Å². The molecule has 2 aromatic carbocycles. The molecule has 1 amide bonds. The molecule has 3 aromatic rings. The van der Waals surface area contributed by atoms with Gasteiger partial charge in [0, 0.05) is 0 Å². The van der Waals surface area contributed by atoms with E-state index in [2.05, 4.69) is 10.3 Å². The molecule has 1 heterocycles. The van der Waals surface area contributed by atoms with Crippen molar-refractivity contribution >= 4 is 32.6 Å². The molecule has 4 nitrogen and oxygen atoms in total. The normalized spacial score (nSPS) is 15.3. The molecule has 1 aliphatic carbocycles. The third kappa shape index (κ3) is 2.47. The van der Waals surface area contributed by atoms with Gasteiger partial charge in [-0.3, -0.25) is 4.79 Å². The van der Waals surface area contributed by atoms with Crippen molar-refractivity contribution in [3.05, 3.63) is 54.1 Å². The monoisotopic (exact) mass is 324 g/mol. The van der Waals surface area contributed by atoms with Gasteiger partial charge in [-0.1, -0.05) is 35.6 Å². The molecule has 0 radical (unpaired) electrons. The number of methoxy groups -OCH3 is 1. The van der Waals surface area contributed by atoms with Gasteiger partial charge in [-0.05, 0) is 42.7 Å². The molecule has 1 N–H and O–H groups in total. The van der Waals surface area contributed by atoms with E-state index in [-0.39, 0.29) is 5.91 Å². The number of fused-ring (bicyclic) bond motifs is 1. The van der Waals surface area contributed by atoms with E-state index in [4.69, 9.17) is 4.74 Å². The average Bonchev–Trinajstić information content (AvgIpc) is 3.30. The van der Waals surface area contributed by atoms with E-state index in [1.54, 1.807) is 7.11 Å². The van der Waals surface area contributed by atoms with Gasteiger partial charge in [0.25, 0.3) is 0 Å². The minimum atomic E-state index is -0.413. The van der Waals surface area contributed by atoms with Gasteiger partial charge in [0.1, 0.15) is 5.75 Å². The van der Waals surface area contributed by atoms with Crippen LogP contribution in [0.3, 0.4) is 0 Å². The minimum absolute atomic E-state index is 0.0294. The highest BCUT2D eigenvalue weighted by atomic mass is 32.1. The van der Waals surface area contributed by atoms with Crippen molar-refractivity contribution < 1.29 is 9.53 Å². The van der Waals surface area contributed by atoms with E-state index in [0.717, 1.165) is 34.4 Å². The van der Waals surface area contributed by atoms with Crippen LogP contribution in [0, 0.1) is 0 Å². The molecule has 1 saturated carbocycles. The zero-order chi connectivity index (χ0) is 15.9. The summed E-state index contributed by atoms with van der Waals surface area (Å²) in [7, 11) is 1.64. The summed E-state index contributed by atoms with van der Waals surface area (Å²) in [6.45, 7) is 0. The zero-order valence-corrected chi connectivity index (χ0v) is 13.5. The fourth-order valence-corrected chi connectivity index (χ4v) is 3.69. The Hall–Kier alpha value is -2.40. The van der Waals surface area contributed by atoms with Crippen molar-refractivity contribution in [2.24, 2.45) is 0 Å². The van der Waals surface area contributed by atoms with E-state index in [9.17, 15) is 4.79 Å². The topological polar surface area (TPSA) is 51.2 Å². The van der Waals surface area contributed by atoms with Crippen LogP contribution in [0.5, 0.6) is 5.75 Å². The second-order valence-electron chi connectivity index (χ2n) is 5.75. The van der Waals surface area contributed by atoms with Gasteiger partial charge >= 0.3 is 0 Å². The minimum Gasteiger partial charge on any atom is -0.497 e. The van der Waals surface area contributed by atoms with Crippen LogP contribution in [0.2, 0.25) is 0 Å². The first-order chi connectivity index (χ1) is 11.2. The average molecular weight is 324 g/mol. The van der Waals surface area contributed by atoms with Gasteiger partial charge in [-0.2, -0.15) is 0 Å². The first kappa shape index (κ1) is 14.2. The predicted octanol–water partition coefficient (Wildman–Crippen LogP) is 3.98. The van der Waals surface area contributed by atoms with E-state index in [1.807, 2.05) is 48.5 Å². The van der Waals surface area contributed by atoms with Gasteiger partial charge in [-0.15, -0.1) is 0 Å². The van der Waals surface area contributed by atoms with Gasteiger partial charge in [-0.25, -0.2) is 4.98 Å². The fraction of sp³-hybridized carbons (Fsp3) is 0.222. The van der Waals surface area contributed by atoms with E-state index in [0.29, 0.717) is 5.13 Å². The Kier molecular flexibility index (Phi) is 3.31. The first-order valence-electron chi connectivity index (χ1n) is 7.53. The van der Waals surface area contributed by atoms with Gasteiger partial charge in [0.2, 0.25) is 5.91 Å². The molecule has 0 atom stereocenters. The number of carbonyl (C=O) groups excluding carboxylic acids is 1. The molecular formula is C18H16N2O2S. The summed E-state index contributed by atoms with van der Waals surface area (Å²) in [5.74, 6) is 0.831. The van der Waals surface area contributed by atoms with E-state index >= 15 is 0 Å². The molecule has 0 spiro atoms. The lowest BCUT2D eigenvalue weighted by Crippen LogP contribution is -2.27. The maximum Gasteiger partial charge on any atom is 0.236 e. The number of thiazole rings is 1. The van der Waals surface area contributed by atoms with Crippen LogP contribution in [0.4, 0.5) is 5.13 Å². The van der Waals surface area contributed by atoms with E-state index < -0.39 is 5.41 Å². The number of hydrogen-bond donors (Lipinski definition) is 1. The molecular weight excluding hydrogens is 308 g/mol. The fourth-order valence-electron chi connectivity index (χ4n) is 2.82. The Morgan fingerprint density at radius 1 is 1.17 bits per heavy atom. The summed E-state index contributed by atoms with van der Waals surface area (Å²) in [6.07, 6.45) is 1.74. The Labute approximate surface area is 138 Å². The number of para-hydroxylation sites is 1. The van der Waals surface area contributed by atoms with Crippen LogP contribution in [0.25, 0.3) is 10.2 Å². The number of anilines is 1.